The zero-order valence-electron chi connectivity index (χ0n) is 10.3. The molecule has 0 radical (unpaired) electrons. The molecule has 21 heavy (non-hydrogen) atoms. The standard InChI is InChI=1S/C12H8BrClF2N4O/c13-5-3-9(8(16)4-7(5)15)18-12(21)11-6(14)1-2-10(19-11)20-17/h1-4H,17H2,(H,18,21)(H,19,20). The fourth-order valence-corrected chi connectivity index (χ4v) is 2.02. The van der Waals surface area contributed by atoms with Gasteiger partial charge < -0.3 is 10.7 Å². The van der Waals surface area contributed by atoms with Crippen molar-refractivity contribution < 1.29 is 13.6 Å². The van der Waals surface area contributed by atoms with E-state index in [1.54, 1.807) is 0 Å². The monoisotopic (exact) mass is 376 g/mol. The average molecular weight is 378 g/mol. The lowest BCUT2D eigenvalue weighted by Gasteiger charge is -2.09. The first-order valence-electron chi connectivity index (χ1n) is 5.51. The highest BCUT2D eigenvalue weighted by Crippen LogP contribution is 2.25. The molecule has 1 heterocycles. The number of hydrazine groups is 1. The largest absolute Gasteiger partial charge is 0.318 e. The maximum Gasteiger partial charge on any atom is 0.275 e. The summed E-state index contributed by atoms with van der Waals surface area (Å²) < 4.78 is 26.7. The van der Waals surface area contributed by atoms with Gasteiger partial charge in [0.2, 0.25) is 0 Å². The van der Waals surface area contributed by atoms with Gasteiger partial charge in [0.15, 0.2) is 0 Å². The molecule has 0 unspecified atom stereocenters. The number of hydrogen-bond donors (Lipinski definition) is 3. The van der Waals surface area contributed by atoms with Crippen LogP contribution in [0.25, 0.3) is 0 Å². The second kappa shape index (κ2) is 6.33. The molecular weight excluding hydrogens is 370 g/mol. The first-order chi connectivity index (χ1) is 9.92. The minimum absolute atomic E-state index is 0.00984. The van der Waals surface area contributed by atoms with Gasteiger partial charge in [0, 0.05) is 6.07 Å². The van der Waals surface area contributed by atoms with Crippen LogP contribution in [0.4, 0.5) is 20.3 Å². The number of rotatable bonds is 3. The molecule has 4 N–H and O–H groups in total. The number of benzene rings is 1. The highest BCUT2D eigenvalue weighted by atomic mass is 79.9. The summed E-state index contributed by atoms with van der Waals surface area (Å²) in [6.45, 7) is 0. The SMILES string of the molecule is NNc1ccc(Cl)c(C(=O)Nc2cc(Br)c(F)cc2F)n1. The van der Waals surface area contributed by atoms with Gasteiger partial charge in [-0.25, -0.2) is 19.6 Å². The van der Waals surface area contributed by atoms with Gasteiger partial charge in [0.25, 0.3) is 5.91 Å². The highest BCUT2D eigenvalue weighted by molar-refractivity contribution is 9.10. The number of nitrogens with zero attached hydrogens (tertiary/aromatic N) is 1. The Morgan fingerprint density at radius 1 is 1.29 bits per heavy atom. The van der Waals surface area contributed by atoms with Crippen LogP contribution in [0.1, 0.15) is 10.5 Å². The van der Waals surface area contributed by atoms with Gasteiger partial charge >= 0.3 is 0 Å². The molecule has 0 aliphatic heterocycles. The van der Waals surface area contributed by atoms with Crippen LogP contribution in [0.3, 0.4) is 0 Å². The molecule has 110 valence electrons. The van der Waals surface area contributed by atoms with E-state index in [-0.39, 0.29) is 26.7 Å². The Hall–Kier alpha value is -1.77. The third kappa shape index (κ3) is 3.46. The smallest absolute Gasteiger partial charge is 0.275 e. The van der Waals surface area contributed by atoms with E-state index in [1.807, 2.05) is 0 Å². The fraction of sp³-hybridized carbons (Fsp3) is 0. The summed E-state index contributed by atoms with van der Waals surface area (Å²) in [7, 11) is 0. The molecule has 9 heteroatoms. The summed E-state index contributed by atoms with van der Waals surface area (Å²) >= 11 is 8.76. The molecule has 0 atom stereocenters. The van der Waals surface area contributed by atoms with E-state index in [2.05, 4.69) is 31.7 Å². The predicted octanol–water partition coefficient (Wildman–Crippen LogP) is 3.31. The van der Waals surface area contributed by atoms with Crippen molar-refractivity contribution in [3.05, 3.63) is 51.1 Å². The van der Waals surface area contributed by atoms with Crippen LogP contribution in [0.2, 0.25) is 5.02 Å². The van der Waals surface area contributed by atoms with E-state index in [0.29, 0.717) is 6.07 Å². The van der Waals surface area contributed by atoms with Crippen LogP contribution >= 0.6 is 27.5 Å². The quantitative estimate of drug-likeness (QED) is 0.435. The number of carbonyl (C=O) groups is 1. The molecule has 2 aromatic rings. The van der Waals surface area contributed by atoms with Gasteiger partial charge in [-0.15, -0.1) is 0 Å². The van der Waals surface area contributed by atoms with Crippen LogP contribution in [-0.2, 0) is 0 Å². The number of nitrogens with one attached hydrogen (secondary N) is 2. The molecule has 0 bridgehead atoms. The number of amides is 1. The number of carbonyl (C=O) groups excluding carboxylic acids is 1. The van der Waals surface area contributed by atoms with Crippen molar-refractivity contribution in [2.75, 3.05) is 10.7 Å². The van der Waals surface area contributed by atoms with Crippen molar-refractivity contribution in [2.45, 2.75) is 0 Å². The molecule has 0 saturated carbocycles. The van der Waals surface area contributed by atoms with Gasteiger partial charge in [-0.05, 0) is 34.1 Å². The van der Waals surface area contributed by atoms with E-state index in [1.165, 1.54) is 12.1 Å². The fourth-order valence-electron chi connectivity index (χ4n) is 1.48. The number of nitrogen functional groups attached to an aromatic ring is 1. The zero-order valence-corrected chi connectivity index (χ0v) is 12.6. The van der Waals surface area contributed by atoms with E-state index in [0.717, 1.165) is 6.07 Å². The molecule has 0 saturated heterocycles. The third-order valence-corrected chi connectivity index (χ3v) is 3.38. The number of aromatic nitrogens is 1. The summed E-state index contributed by atoms with van der Waals surface area (Å²) in [6, 6.07) is 4.62. The van der Waals surface area contributed by atoms with Gasteiger partial charge in [-0.3, -0.25) is 4.79 Å². The van der Waals surface area contributed by atoms with E-state index in [9.17, 15) is 13.6 Å². The van der Waals surface area contributed by atoms with Gasteiger partial charge in [0.05, 0.1) is 15.2 Å². The summed E-state index contributed by atoms with van der Waals surface area (Å²) in [5.74, 6) is 2.94. The number of hydrogen-bond acceptors (Lipinski definition) is 4. The topological polar surface area (TPSA) is 80.0 Å². The van der Waals surface area contributed by atoms with Crippen LogP contribution < -0.4 is 16.6 Å². The maximum absolute atomic E-state index is 13.6. The molecule has 0 fully saturated rings. The van der Waals surface area contributed by atoms with Crippen LogP contribution in [0.5, 0.6) is 0 Å². The normalized spacial score (nSPS) is 10.3. The predicted molar refractivity (Wildman–Crippen MR) is 79.1 cm³/mol. The number of halogens is 4. The molecular formula is C12H8BrClF2N4O. The summed E-state index contributed by atoms with van der Waals surface area (Å²) in [6.07, 6.45) is 0. The molecule has 1 aromatic carbocycles. The Balaban J connectivity index is 2.32. The van der Waals surface area contributed by atoms with E-state index < -0.39 is 17.5 Å². The summed E-state index contributed by atoms with van der Waals surface area (Å²) in [5, 5.41) is 2.32. The highest BCUT2D eigenvalue weighted by Gasteiger charge is 2.16. The van der Waals surface area contributed by atoms with Crippen LogP contribution in [-0.4, -0.2) is 10.9 Å². The molecule has 1 amide bonds. The van der Waals surface area contributed by atoms with Crippen molar-refractivity contribution in [2.24, 2.45) is 5.84 Å². The van der Waals surface area contributed by atoms with Crippen molar-refractivity contribution in [1.29, 1.82) is 0 Å². The summed E-state index contributed by atoms with van der Waals surface area (Å²) in [5.41, 5.74) is 1.90. The molecule has 0 aliphatic rings. The van der Waals surface area contributed by atoms with E-state index in [4.69, 9.17) is 17.4 Å². The van der Waals surface area contributed by atoms with Crippen molar-refractivity contribution in [3.8, 4) is 0 Å². The van der Waals surface area contributed by atoms with Gasteiger partial charge in [0.1, 0.15) is 23.1 Å². The van der Waals surface area contributed by atoms with Crippen molar-refractivity contribution in [3.63, 3.8) is 0 Å². The summed E-state index contributed by atoms with van der Waals surface area (Å²) in [4.78, 5) is 15.9. The van der Waals surface area contributed by atoms with E-state index >= 15 is 0 Å². The molecule has 5 nitrogen and oxygen atoms in total. The lowest BCUT2D eigenvalue weighted by Crippen LogP contribution is -2.17. The second-order valence-electron chi connectivity index (χ2n) is 3.87. The number of anilines is 2. The minimum atomic E-state index is -0.923. The van der Waals surface area contributed by atoms with Crippen LogP contribution in [0, 0.1) is 11.6 Å². The van der Waals surface area contributed by atoms with Gasteiger partial charge in [-0.2, -0.15) is 0 Å². The Morgan fingerprint density at radius 3 is 2.67 bits per heavy atom. The Morgan fingerprint density at radius 2 is 2.00 bits per heavy atom. The Kier molecular flexibility index (Phi) is 4.71. The first-order valence-corrected chi connectivity index (χ1v) is 6.68. The lowest BCUT2D eigenvalue weighted by molar-refractivity contribution is 0.102. The molecule has 0 aliphatic carbocycles. The maximum atomic E-state index is 13.6. The molecule has 2 rings (SSSR count). The van der Waals surface area contributed by atoms with Crippen molar-refractivity contribution in [1.82, 2.24) is 4.98 Å². The lowest BCUT2D eigenvalue weighted by atomic mass is 10.2. The second-order valence-corrected chi connectivity index (χ2v) is 5.13. The molecule has 1 aromatic heterocycles. The average Bonchev–Trinajstić information content (AvgIpc) is 2.45. The van der Waals surface area contributed by atoms with Crippen LogP contribution in [0.15, 0.2) is 28.7 Å². The Labute approximate surface area is 131 Å². The number of pyridine rings is 1. The zero-order chi connectivity index (χ0) is 15.6. The Bertz CT molecular complexity index is 714. The van der Waals surface area contributed by atoms with Crippen molar-refractivity contribution >= 4 is 44.9 Å². The minimum Gasteiger partial charge on any atom is -0.318 e. The number of nitrogens with two attached hydrogens (primary N) is 1. The molecule has 0 spiro atoms. The third-order valence-electron chi connectivity index (χ3n) is 2.47. The first kappa shape index (κ1) is 15.6. The van der Waals surface area contributed by atoms with Gasteiger partial charge in [-0.1, -0.05) is 11.6 Å².